The largest absolute Gasteiger partial charge is 0.497 e. The number of carbonyl (C=O) groups excluding carboxylic acids is 2. The van der Waals surface area contributed by atoms with E-state index in [1.807, 2.05) is 17.9 Å². The highest BCUT2D eigenvalue weighted by molar-refractivity contribution is 7.80. The smallest absolute Gasteiger partial charge is 0.302 e. The predicted molar refractivity (Wildman–Crippen MR) is 95.7 cm³/mol. The summed E-state index contributed by atoms with van der Waals surface area (Å²) in [6, 6.07) is 5.36. The van der Waals surface area contributed by atoms with Crippen molar-refractivity contribution in [2.45, 2.75) is 13.8 Å². The molecular weight excluding hydrogens is 360 g/mol. The number of nitrogens with zero attached hydrogens (tertiary/aromatic N) is 2. The summed E-state index contributed by atoms with van der Waals surface area (Å²) in [5, 5.41) is -0.00200. The summed E-state index contributed by atoms with van der Waals surface area (Å²) in [5.74, 6) is 0.691. The summed E-state index contributed by atoms with van der Waals surface area (Å²) in [5.41, 5.74) is 0.773. The summed E-state index contributed by atoms with van der Waals surface area (Å²) in [6.07, 6.45) is 0. The number of amides is 1. The van der Waals surface area contributed by atoms with Crippen LogP contribution in [0, 0.1) is 0 Å². The molecule has 0 spiro atoms. The van der Waals surface area contributed by atoms with Gasteiger partial charge in [-0.15, -0.1) is 0 Å². The molecule has 2 heterocycles. The minimum absolute atomic E-state index is 0.00200. The molecule has 1 amide bonds. The molecule has 0 saturated carbocycles. The Balaban J connectivity index is 1.87. The average molecular weight is 378 g/mol. The molecule has 0 atom stereocenters. The van der Waals surface area contributed by atoms with Gasteiger partial charge in [-0.1, -0.05) is 0 Å². The van der Waals surface area contributed by atoms with Crippen LogP contribution in [0.2, 0.25) is 0 Å². The van der Waals surface area contributed by atoms with E-state index >= 15 is 0 Å². The topological polar surface area (TPSA) is 77.5 Å². The highest BCUT2D eigenvalue weighted by Gasteiger charge is 2.41. The maximum absolute atomic E-state index is 12.7. The highest BCUT2D eigenvalue weighted by Crippen LogP contribution is 2.42. The molecule has 1 aromatic carbocycles. The van der Waals surface area contributed by atoms with Gasteiger partial charge in [-0.3, -0.25) is 14.5 Å². The third-order valence-corrected chi connectivity index (χ3v) is 4.19. The van der Waals surface area contributed by atoms with E-state index in [1.54, 1.807) is 19.2 Å². The number of fused-ring (bicyclic) bond motifs is 1. The van der Waals surface area contributed by atoms with Gasteiger partial charge in [-0.2, -0.15) is 0 Å². The van der Waals surface area contributed by atoms with Crippen molar-refractivity contribution in [3.63, 3.8) is 0 Å². The van der Waals surface area contributed by atoms with Gasteiger partial charge in [0.15, 0.2) is 5.75 Å². The second kappa shape index (κ2) is 7.20. The molecule has 2 aliphatic heterocycles. The third-order valence-electron chi connectivity index (χ3n) is 3.89. The van der Waals surface area contributed by atoms with Crippen LogP contribution in [0.3, 0.4) is 0 Å². The lowest BCUT2D eigenvalue weighted by Gasteiger charge is -2.16. The number of hydrogen-bond acceptors (Lipinski definition) is 8. The zero-order chi connectivity index (χ0) is 18.8. The van der Waals surface area contributed by atoms with Crippen LogP contribution >= 0.6 is 12.2 Å². The van der Waals surface area contributed by atoms with Crippen molar-refractivity contribution >= 4 is 35.0 Å². The van der Waals surface area contributed by atoms with Crippen molar-refractivity contribution in [2.75, 3.05) is 31.7 Å². The summed E-state index contributed by atoms with van der Waals surface area (Å²) < 4.78 is 21.4. The Morgan fingerprint density at radius 1 is 1.27 bits per heavy atom. The Hall–Kier alpha value is -2.81. The second-order valence-corrected chi connectivity index (χ2v) is 5.83. The Labute approximate surface area is 155 Å². The van der Waals surface area contributed by atoms with Gasteiger partial charge in [0.25, 0.3) is 10.9 Å². The maximum Gasteiger partial charge on any atom is 0.302 e. The Morgan fingerprint density at radius 2 is 2.04 bits per heavy atom. The lowest BCUT2D eigenvalue weighted by atomic mass is 10.2. The molecule has 9 heteroatoms. The first-order valence-corrected chi connectivity index (χ1v) is 8.41. The third kappa shape index (κ3) is 3.17. The van der Waals surface area contributed by atoms with Crippen molar-refractivity contribution in [1.82, 2.24) is 4.90 Å². The Kier molecular flexibility index (Phi) is 4.99. The summed E-state index contributed by atoms with van der Waals surface area (Å²) in [4.78, 5) is 26.6. The van der Waals surface area contributed by atoms with E-state index in [4.69, 9.17) is 31.2 Å². The lowest BCUT2D eigenvalue weighted by molar-refractivity contribution is -0.142. The fourth-order valence-electron chi connectivity index (χ4n) is 2.67. The fraction of sp³-hybridized carbons (Fsp3) is 0.353. The van der Waals surface area contributed by atoms with Crippen LogP contribution in [0.4, 0.5) is 5.69 Å². The van der Waals surface area contributed by atoms with Gasteiger partial charge in [0, 0.05) is 19.5 Å². The van der Waals surface area contributed by atoms with Crippen LogP contribution in [0.1, 0.15) is 13.8 Å². The van der Waals surface area contributed by atoms with Crippen molar-refractivity contribution in [3.8, 4) is 11.5 Å². The first-order valence-electron chi connectivity index (χ1n) is 8.01. The highest BCUT2D eigenvalue weighted by atomic mass is 32.1. The number of benzene rings is 1. The maximum atomic E-state index is 12.7. The number of thiocarbonyl (C=S) groups is 1. The summed E-state index contributed by atoms with van der Waals surface area (Å²) >= 11 is 5.12. The standard InChI is InChI=1S/C17H18N2O6S/c1-4-18-12-9-11(22-3)5-6-13(12)24-16(18)14-15(21)19(17(26)25-14)7-8-23-10(2)20/h5-6,9H,4,7-8H2,1-3H3/b16-14-. The molecule has 2 aliphatic rings. The van der Waals surface area contributed by atoms with Gasteiger partial charge in [-0.05, 0) is 31.3 Å². The molecule has 0 N–H and O–H groups in total. The molecule has 1 saturated heterocycles. The Morgan fingerprint density at radius 3 is 2.69 bits per heavy atom. The number of esters is 1. The average Bonchev–Trinajstić information content (AvgIpc) is 3.12. The van der Waals surface area contributed by atoms with Crippen LogP contribution in [0.25, 0.3) is 0 Å². The molecule has 0 bridgehead atoms. The minimum Gasteiger partial charge on any atom is -0.497 e. The number of rotatable bonds is 5. The van der Waals surface area contributed by atoms with Gasteiger partial charge in [0.1, 0.15) is 12.4 Å². The monoisotopic (exact) mass is 378 g/mol. The number of anilines is 1. The Bertz CT molecular complexity index is 806. The normalized spacial score (nSPS) is 18.6. The molecule has 0 aromatic heterocycles. The zero-order valence-electron chi connectivity index (χ0n) is 14.6. The first-order chi connectivity index (χ1) is 12.5. The van der Waals surface area contributed by atoms with Crippen molar-refractivity contribution < 1.29 is 28.5 Å². The van der Waals surface area contributed by atoms with Crippen LogP contribution in [0.5, 0.6) is 11.5 Å². The van der Waals surface area contributed by atoms with Gasteiger partial charge >= 0.3 is 11.9 Å². The van der Waals surface area contributed by atoms with E-state index in [0.717, 1.165) is 5.69 Å². The van der Waals surface area contributed by atoms with Gasteiger partial charge in [0.05, 0.1) is 19.3 Å². The van der Waals surface area contributed by atoms with E-state index in [2.05, 4.69) is 0 Å². The molecule has 0 unspecified atom stereocenters. The number of hydrogen-bond donors (Lipinski definition) is 0. The van der Waals surface area contributed by atoms with E-state index < -0.39 is 11.9 Å². The quantitative estimate of drug-likeness (QED) is 0.436. The first kappa shape index (κ1) is 18.0. The van der Waals surface area contributed by atoms with E-state index in [1.165, 1.54) is 11.8 Å². The number of carbonyl (C=O) groups is 2. The predicted octanol–water partition coefficient (Wildman–Crippen LogP) is 1.79. The molecule has 1 fully saturated rings. The van der Waals surface area contributed by atoms with Gasteiger partial charge in [0.2, 0.25) is 5.88 Å². The molecular formula is C17H18N2O6S. The summed E-state index contributed by atoms with van der Waals surface area (Å²) in [6.45, 7) is 3.92. The molecule has 26 heavy (non-hydrogen) atoms. The summed E-state index contributed by atoms with van der Waals surface area (Å²) in [7, 11) is 1.58. The van der Waals surface area contributed by atoms with Crippen LogP contribution in [-0.2, 0) is 19.1 Å². The molecule has 1 aromatic rings. The lowest BCUT2D eigenvalue weighted by Crippen LogP contribution is -2.33. The van der Waals surface area contributed by atoms with Crippen LogP contribution < -0.4 is 14.4 Å². The molecule has 0 aliphatic carbocycles. The number of ether oxygens (including phenoxy) is 4. The van der Waals surface area contributed by atoms with Gasteiger partial charge < -0.3 is 23.8 Å². The van der Waals surface area contributed by atoms with E-state index in [9.17, 15) is 9.59 Å². The van der Waals surface area contributed by atoms with E-state index in [0.29, 0.717) is 18.0 Å². The molecule has 8 nitrogen and oxygen atoms in total. The minimum atomic E-state index is -0.435. The zero-order valence-corrected chi connectivity index (χ0v) is 15.4. The van der Waals surface area contributed by atoms with Crippen LogP contribution in [0.15, 0.2) is 29.8 Å². The SMILES string of the molecule is CCN1/C(=C2/OC(=S)N(CCOC(C)=O)C2=O)Oc2ccc(OC)cc21. The fourth-order valence-corrected chi connectivity index (χ4v) is 2.93. The van der Waals surface area contributed by atoms with Crippen LogP contribution in [-0.4, -0.2) is 48.8 Å². The molecule has 0 radical (unpaired) electrons. The van der Waals surface area contributed by atoms with Crippen molar-refractivity contribution in [1.29, 1.82) is 0 Å². The molecule has 138 valence electrons. The van der Waals surface area contributed by atoms with Crippen molar-refractivity contribution in [3.05, 3.63) is 29.8 Å². The second-order valence-electron chi connectivity index (χ2n) is 5.48. The van der Waals surface area contributed by atoms with Gasteiger partial charge in [-0.25, -0.2) is 0 Å². The molecule has 3 rings (SSSR count). The number of methoxy groups -OCH3 is 1. The van der Waals surface area contributed by atoms with Crippen molar-refractivity contribution in [2.24, 2.45) is 0 Å². The van der Waals surface area contributed by atoms with E-state index in [-0.39, 0.29) is 30.0 Å².